The quantitative estimate of drug-likeness (QED) is 0.585. The number of anilines is 1. The molecule has 0 saturated carbocycles. The van der Waals surface area contributed by atoms with Crippen LogP contribution >= 0.6 is 23.8 Å². The highest BCUT2D eigenvalue weighted by Gasteiger charge is 2.33. The van der Waals surface area contributed by atoms with E-state index in [1.165, 1.54) is 30.4 Å². The van der Waals surface area contributed by atoms with Gasteiger partial charge in [0.15, 0.2) is 5.11 Å². The van der Waals surface area contributed by atoms with E-state index in [0.29, 0.717) is 5.02 Å². The van der Waals surface area contributed by atoms with Gasteiger partial charge in [-0.15, -0.1) is 0 Å². The van der Waals surface area contributed by atoms with Crippen LogP contribution in [0.5, 0.6) is 0 Å². The summed E-state index contributed by atoms with van der Waals surface area (Å²) in [5.41, 5.74) is -0.369. The maximum atomic E-state index is 12.9. The summed E-state index contributed by atoms with van der Waals surface area (Å²) < 4.78 is 38.7. The van der Waals surface area contributed by atoms with E-state index in [0.717, 1.165) is 11.6 Å². The molecular formula is C17H12ClF3N2OS. The van der Waals surface area contributed by atoms with Gasteiger partial charge in [-0.05, 0) is 48.1 Å². The largest absolute Gasteiger partial charge is 0.418 e. The van der Waals surface area contributed by atoms with E-state index in [2.05, 4.69) is 10.6 Å². The van der Waals surface area contributed by atoms with Crippen molar-refractivity contribution in [2.75, 3.05) is 5.32 Å². The van der Waals surface area contributed by atoms with Gasteiger partial charge >= 0.3 is 6.18 Å². The minimum absolute atomic E-state index is 0.234. The average Bonchev–Trinajstić information content (AvgIpc) is 2.53. The molecule has 0 aromatic heterocycles. The molecule has 2 N–H and O–H groups in total. The number of hydrogen-bond acceptors (Lipinski definition) is 2. The number of carbonyl (C=O) groups excluding carboxylic acids is 1. The topological polar surface area (TPSA) is 41.1 Å². The van der Waals surface area contributed by atoms with Crippen LogP contribution in [0.3, 0.4) is 0 Å². The van der Waals surface area contributed by atoms with Crippen LogP contribution in [-0.4, -0.2) is 11.0 Å². The highest BCUT2D eigenvalue weighted by Crippen LogP contribution is 2.34. The minimum atomic E-state index is -4.53. The van der Waals surface area contributed by atoms with Crippen molar-refractivity contribution in [2.24, 2.45) is 0 Å². The second-order valence-corrected chi connectivity index (χ2v) is 5.72. The molecule has 2 aromatic carbocycles. The van der Waals surface area contributed by atoms with E-state index in [1.54, 1.807) is 24.3 Å². The summed E-state index contributed by atoms with van der Waals surface area (Å²) in [5, 5.41) is 5.00. The summed E-state index contributed by atoms with van der Waals surface area (Å²) in [7, 11) is 0. The monoisotopic (exact) mass is 384 g/mol. The zero-order valence-electron chi connectivity index (χ0n) is 12.6. The first kappa shape index (κ1) is 19.0. The predicted octanol–water partition coefficient (Wildman–Crippen LogP) is 4.89. The Morgan fingerprint density at radius 3 is 2.36 bits per heavy atom. The lowest BCUT2D eigenvalue weighted by Gasteiger charge is -2.14. The predicted molar refractivity (Wildman–Crippen MR) is 96.3 cm³/mol. The van der Waals surface area contributed by atoms with Crippen LogP contribution < -0.4 is 10.6 Å². The zero-order chi connectivity index (χ0) is 18.4. The molecule has 0 aliphatic carbocycles. The van der Waals surface area contributed by atoms with Crippen molar-refractivity contribution in [3.05, 3.63) is 70.8 Å². The van der Waals surface area contributed by atoms with E-state index in [1.807, 2.05) is 0 Å². The molecule has 130 valence electrons. The van der Waals surface area contributed by atoms with Gasteiger partial charge in [0.2, 0.25) is 5.91 Å². The second-order valence-electron chi connectivity index (χ2n) is 4.87. The lowest BCUT2D eigenvalue weighted by molar-refractivity contribution is -0.136. The summed E-state index contributed by atoms with van der Waals surface area (Å²) in [6.07, 6.45) is -1.79. The van der Waals surface area contributed by atoms with Gasteiger partial charge < -0.3 is 5.32 Å². The molecule has 0 radical (unpaired) electrons. The van der Waals surface area contributed by atoms with Crippen LogP contribution in [0.25, 0.3) is 6.08 Å². The molecule has 0 spiro atoms. The maximum absolute atomic E-state index is 12.9. The van der Waals surface area contributed by atoms with Crippen molar-refractivity contribution in [2.45, 2.75) is 6.18 Å². The van der Waals surface area contributed by atoms with Crippen molar-refractivity contribution in [1.29, 1.82) is 0 Å². The normalized spacial score (nSPS) is 11.4. The van der Waals surface area contributed by atoms with Crippen molar-refractivity contribution in [3.63, 3.8) is 0 Å². The lowest BCUT2D eigenvalue weighted by atomic mass is 10.1. The van der Waals surface area contributed by atoms with Gasteiger partial charge in [-0.2, -0.15) is 13.2 Å². The number of thiocarbonyl (C=S) groups is 1. The fraction of sp³-hybridized carbons (Fsp3) is 0.0588. The number of amides is 1. The third-order valence-corrected chi connectivity index (χ3v) is 3.47. The lowest BCUT2D eigenvalue weighted by Crippen LogP contribution is -2.33. The first-order valence-corrected chi connectivity index (χ1v) is 7.76. The van der Waals surface area contributed by atoms with Gasteiger partial charge in [0, 0.05) is 11.1 Å². The van der Waals surface area contributed by atoms with E-state index >= 15 is 0 Å². The van der Waals surface area contributed by atoms with Crippen LogP contribution in [0.1, 0.15) is 11.1 Å². The summed E-state index contributed by atoms with van der Waals surface area (Å²) in [6.45, 7) is 0. The SMILES string of the molecule is O=C(/C=C/c1ccc(Cl)cc1)NC(=S)Nc1ccccc1C(F)(F)F. The van der Waals surface area contributed by atoms with Gasteiger partial charge in [0.1, 0.15) is 0 Å². The second kappa shape index (κ2) is 8.13. The number of hydrogen-bond donors (Lipinski definition) is 2. The molecule has 2 rings (SSSR count). The van der Waals surface area contributed by atoms with Gasteiger partial charge in [-0.25, -0.2) is 0 Å². The van der Waals surface area contributed by atoms with Gasteiger partial charge in [-0.1, -0.05) is 35.9 Å². The van der Waals surface area contributed by atoms with Gasteiger partial charge in [0.25, 0.3) is 0 Å². The molecule has 0 heterocycles. The summed E-state index contributed by atoms with van der Waals surface area (Å²) >= 11 is 10.6. The van der Waals surface area contributed by atoms with Crippen LogP contribution in [0.2, 0.25) is 5.02 Å². The van der Waals surface area contributed by atoms with Crippen molar-refractivity contribution in [1.82, 2.24) is 5.32 Å². The Morgan fingerprint density at radius 1 is 1.08 bits per heavy atom. The molecule has 0 fully saturated rings. The molecule has 25 heavy (non-hydrogen) atoms. The van der Waals surface area contributed by atoms with E-state index in [4.69, 9.17) is 23.8 Å². The number of rotatable bonds is 3. The molecule has 0 unspecified atom stereocenters. The number of nitrogens with one attached hydrogen (secondary N) is 2. The standard InChI is InChI=1S/C17H12ClF3N2OS/c18-12-8-5-11(6-9-12)7-10-15(24)23-16(25)22-14-4-2-1-3-13(14)17(19,20)21/h1-10H,(H2,22,23,24,25)/b10-7+. The van der Waals surface area contributed by atoms with E-state index in [9.17, 15) is 18.0 Å². The molecule has 0 bridgehead atoms. The summed E-state index contributed by atoms with van der Waals surface area (Å²) in [4.78, 5) is 11.8. The molecule has 3 nitrogen and oxygen atoms in total. The summed E-state index contributed by atoms with van der Waals surface area (Å²) in [5.74, 6) is -0.572. The van der Waals surface area contributed by atoms with Crippen LogP contribution in [0.4, 0.5) is 18.9 Å². The number of carbonyl (C=O) groups is 1. The Morgan fingerprint density at radius 2 is 1.72 bits per heavy atom. The number of para-hydroxylation sites is 1. The number of benzene rings is 2. The molecular weight excluding hydrogens is 373 g/mol. The van der Waals surface area contributed by atoms with Crippen molar-refractivity contribution in [3.8, 4) is 0 Å². The molecule has 8 heteroatoms. The van der Waals surface area contributed by atoms with Gasteiger partial charge in [0.05, 0.1) is 11.3 Å². The number of halogens is 4. The average molecular weight is 385 g/mol. The van der Waals surface area contributed by atoms with Crippen LogP contribution in [0.15, 0.2) is 54.6 Å². The summed E-state index contributed by atoms with van der Waals surface area (Å²) in [6, 6.07) is 11.6. The molecule has 0 aliphatic rings. The molecule has 0 aliphatic heterocycles. The Hall–Kier alpha value is -2.38. The van der Waals surface area contributed by atoms with E-state index in [-0.39, 0.29) is 10.8 Å². The molecule has 0 atom stereocenters. The van der Waals surface area contributed by atoms with Crippen LogP contribution in [-0.2, 0) is 11.0 Å². The van der Waals surface area contributed by atoms with Crippen molar-refractivity contribution >= 4 is 46.6 Å². The fourth-order valence-electron chi connectivity index (χ4n) is 1.89. The Kier molecular flexibility index (Phi) is 6.17. The first-order valence-electron chi connectivity index (χ1n) is 6.97. The van der Waals surface area contributed by atoms with Crippen molar-refractivity contribution < 1.29 is 18.0 Å². The molecule has 0 saturated heterocycles. The van der Waals surface area contributed by atoms with Gasteiger partial charge in [-0.3, -0.25) is 10.1 Å². The molecule has 2 aromatic rings. The maximum Gasteiger partial charge on any atom is 0.418 e. The third kappa shape index (κ3) is 5.88. The highest BCUT2D eigenvalue weighted by molar-refractivity contribution is 7.80. The Labute approximate surface area is 152 Å². The third-order valence-electron chi connectivity index (χ3n) is 3.01. The molecule has 1 amide bonds. The van der Waals surface area contributed by atoms with Crippen LogP contribution in [0, 0.1) is 0 Å². The number of alkyl halides is 3. The smallest absolute Gasteiger partial charge is 0.332 e. The Balaban J connectivity index is 1.98. The first-order chi connectivity index (χ1) is 11.8. The highest BCUT2D eigenvalue weighted by atomic mass is 35.5. The Bertz CT molecular complexity index is 804. The fourth-order valence-corrected chi connectivity index (χ4v) is 2.23. The minimum Gasteiger partial charge on any atom is -0.332 e. The zero-order valence-corrected chi connectivity index (χ0v) is 14.2. The van der Waals surface area contributed by atoms with E-state index < -0.39 is 17.6 Å².